The molecule has 238 valence electrons. The number of aliphatic hydroxyl groups is 2. The number of fused-ring (bicyclic) bond motifs is 7. The van der Waals surface area contributed by atoms with E-state index in [4.69, 9.17) is 19.9 Å². The van der Waals surface area contributed by atoms with Gasteiger partial charge in [0.05, 0.1) is 17.8 Å². The van der Waals surface area contributed by atoms with Gasteiger partial charge in [0.25, 0.3) is 0 Å². The zero-order chi connectivity index (χ0) is 31.9. The van der Waals surface area contributed by atoms with Crippen LogP contribution in [0.15, 0.2) is 60.2 Å². The van der Waals surface area contributed by atoms with E-state index in [0.717, 1.165) is 24.0 Å². The van der Waals surface area contributed by atoms with Gasteiger partial charge in [0, 0.05) is 28.0 Å². The lowest BCUT2D eigenvalue weighted by Gasteiger charge is -2.59. The molecule has 1 heterocycles. The lowest BCUT2D eigenvalue weighted by Crippen LogP contribution is -2.63. The Morgan fingerprint density at radius 3 is 2.78 bits per heavy atom. The lowest BCUT2D eigenvalue weighted by atomic mass is 9.46. The summed E-state index contributed by atoms with van der Waals surface area (Å²) in [4.78, 5) is 26.0. The number of hydrogen-bond donors (Lipinski definition) is 3. The molecule has 1 aliphatic heterocycles. The van der Waals surface area contributed by atoms with Gasteiger partial charge in [0.2, 0.25) is 0 Å². The average molecular weight is 618 g/mol. The van der Waals surface area contributed by atoms with E-state index in [1.807, 2.05) is 31.2 Å². The zero-order valence-electron chi connectivity index (χ0n) is 25.8. The summed E-state index contributed by atoms with van der Waals surface area (Å²) in [6.07, 6.45) is 4.67. The number of aliphatic hydroxyl groups excluding tert-OH is 2. The van der Waals surface area contributed by atoms with Crippen LogP contribution in [0.4, 0.5) is 10.1 Å². The molecule has 0 radical (unpaired) electrons. The molecule has 8 nitrogen and oxygen atoms in total. The van der Waals surface area contributed by atoms with E-state index in [0.29, 0.717) is 23.4 Å². The molecule has 4 fully saturated rings. The molecular weight excluding hydrogens is 577 g/mol. The first-order valence-corrected chi connectivity index (χ1v) is 15.8. The number of carbonyl (C=O) groups excluding carboxylic acids is 2. The maximum Gasteiger partial charge on any atom is 0.193 e. The maximum absolute atomic E-state index is 15.6. The summed E-state index contributed by atoms with van der Waals surface area (Å²) >= 11 is 0. The minimum atomic E-state index is -1.57. The summed E-state index contributed by atoms with van der Waals surface area (Å²) in [5, 5.41) is 22.1. The van der Waals surface area contributed by atoms with Crippen molar-refractivity contribution in [3.63, 3.8) is 0 Å². The first kappa shape index (κ1) is 30.3. The summed E-state index contributed by atoms with van der Waals surface area (Å²) in [5.41, 5.74) is 6.11. The number of ketones is 2. The van der Waals surface area contributed by atoms with E-state index in [1.165, 1.54) is 6.07 Å². The average Bonchev–Trinajstić information content (AvgIpc) is 3.49. The van der Waals surface area contributed by atoms with Gasteiger partial charge in [-0.25, -0.2) is 4.39 Å². The normalized spacial score (nSPS) is 38.2. The van der Waals surface area contributed by atoms with E-state index in [1.54, 1.807) is 31.2 Å². The molecule has 2 aromatic rings. The van der Waals surface area contributed by atoms with Gasteiger partial charge in [-0.3, -0.25) is 9.59 Å². The minimum absolute atomic E-state index is 0.0283. The number of nitrogen functional groups attached to an aromatic ring is 1. The SMILES string of the molecule is Cc1c(OCc2cccc(N)c2)ccc(F)c1[C@@H]1O[C@@H]2C[C@H]3[C@@H]4CCC5=CC(=O)C=C[C@]5(C)[C@H]4[C@@H](O)C[C@]3(C)[C@]2(C(=O)CO)O1. The molecule has 45 heavy (non-hydrogen) atoms. The van der Waals surface area contributed by atoms with Crippen LogP contribution in [-0.4, -0.2) is 46.2 Å². The van der Waals surface area contributed by atoms with Crippen LogP contribution in [0.2, 0.25) is 0 Å². The van der Waals surface area contributed by atoms with Crippen LogP contribution < -0.4 is 10.5 Å². The van der Waals surface area contributed by atoms with E-state index in [2.05, 4.69) is 6.92 Å². The highest BCUT2D eigenvalue weighted by molar-refractivity contribution is 6.01. The Balaban J connectivity index is 1.21. The van der Waals surface area contributed by atoms with Crippen molar-refractivity contribution in [3.05, 3.63) is 82.7 Å². The molecule has 4 aliphatic carbocycles. The fraction of sp³-hybridized carbons (Fsp3) is 0.500. The zero-order valence-corrected chi connectivity index (χ0v) is 25.8. The van der Waals surface area contributed by atoms with Gasteiger partial charge in [0.1, 0.15) is 24.8 Å². The lowest BCUT2D eigenvalue weighted by molar-refractivity contribution is -0.201. The second-order valence-electron chi connectivity index (χ2n) is 14.0. The molecule has 0 amide bonds. The molecule has 1 saturated heterocycles. The van der Waals surface area contributed by atoms with E-state index in [-0.39, 0.29) is 42.1 Å². The Hall–Kier alpha value is -3.37. The van der Waals surface area contributed by atoms with Gasteiger partial charge in [-0.2, -0.15) is 0 Å². The van der Waals surface area contributed by atoms with Crippen molar-refractivity contribution in [1.82, 2.24) is 0 Å². The molecule has 7 rings (SSSR count). The van der Waals surface area contributed by atoms with Crippen molar-refractivity contribution in [3.8, 4) is 5.75 Å². The number of carbonyl (C=O) groups is 2. The van der Waals surface area contributed by atoms with Crippen molar-refractivity contribution < 1.29 is 38.4 Å². The van der Waals surface area contributed by atoms with Crippen LogP contribution >= 0.6 is 0 Å². The van der Waals surface area contributed by atoms with Crippen molar-refractivity contribution in [2.75, 3.05) is 12.3 Å². The van der Waals surface area contributed by atoms with E-state index < -0.39 is 53.1 Å². The van der Waals surface area contributed by atoms with Crippen LogP contribution in [0.25, 0.3) is 0 Å². The number of rotatable bonds is 6. The smallest absolute Gasteiger partial charge is 0.193 e. The van der Waals surface area contributed by atoms with E-state index in [9.17, 15) is 19.8 Å². The fourth-order valence-corrected chi connectivity index (χ4v) is 9.78. The van der Waals surface area contributed by atoms with Crippen LogP contribution in [0, 0.1) is 41.3 Å². The van der Waals surface area contributed by atoms with Crippen molar-refractivity contribution in [1.29, 1.82) is 0 Å². The highest BCUT2D eigenvalue weighted by Gasteiger charge is 2.76. The second kappa shape index (κ2) is 10.6. The number of nitrogens with two attached hydrogens (primary N) is 1. The summed E-state index contributed by atoms with van der Waals surface area (Å²) in [6.45, 7) is 5.23. The maximum atomic E-state index is 15.6. The Morgan fingerprint density at radius 1 is 1.22 bits per heavy atom. The molecular formula is C36H40FNO7. The van der Waals surface area contributed by atoms with Gasteiger partial charge in [-0.1, -0.05) is 37.6 Å². The molecule has 4 N–H and O–H groups in total. The molecule has 0 bridgehead atoms. The summed E-state index contributed by atoms with van der Waals surface area (Å²) in [6, 6.07) is 10.2. The summed E-state index contributed by atoms with van der Waals surface area (Å²) < 4.78 is 34.8. The topological polar surface area (TPSA) is 128 Å². The van der Waals surface area contributed by atoms with Gasteiger partial charge in [-0.15, -0.1) is 0 Å². The predicted octanol–water partition coefficient (Wildman–Crippen LogP) is 4.90. The number of halogens is 1. The second-order valence-corrected chi connectivity index (χ2v) is 14.0. The number of anilines is 1. The van der Waals surface area contributed by atoms with Crippen LogP contribution in [0.3, 0.4) is 0 Å². The molecule has 0 unspecified atom stereocenters. The molecule has 2 aromatic carbocycles. The Bertz CT molecular complexity index is 1640. The largest absolute Gasteiger partial charge is 0.489 e. The molecule has 3 saturated carbocycles. The molecule has 5 aliphatic rings. The Morgan fingerprint density at radius 2 is 2.02 bits per heavy atom. The number of hydrogen-bond acceptors (Lipinski definition) is 8. The van der Waals surface area contributed by atoms with Gasteiger partial charge in [-0.05, 0) is 86.4 Å². The number of benzene rings is 2. The summed E-state index contributed by atoms with van der Waals surface area (Å²) in [5.74, 6) is -0.847. The highest BCUT2D eigenvalue weighted by Crippen LogP contribution is 2.70. The predicted molar refractivity (Wildman–Crippen MR) is 163 cm³/mol. The van der Waals surface area contributed by atoms with Crippen molar-refractivity contribution >= 4 is 17.3 Å². The van der Waals surface area contributed by atoms with Crippen LogP contribution in [-0.2, 0) is 25.7 Å². The first-order valence-electron chi connectivity index (χ1n) is 15.8. The third kappa shape index (κ3) is 4.31. The van der Waals surface area contributed by atoms with E-state index >= 15 is 4.39 Å². The van der Waals surface area contributed by atoms with Crippen molar-refractivity contribution in [2.45, 2.75) is 77.2 Å². The first-order chi connectivity index (χ1) is 21.4. The third-order valence-corrected chi connectivity index (χ3v) is 11.8. The quantitative estimate of drug-likeness (QED) is 0.391. The van der Waals surface area contributed by atoms with Gasteiger partial charge >= 0.3 is 0 Å². The molecule has 9 atom stereocenters. The minimum Gasteiger partial charge on any atom is -0.489 e. The number of allylic oxidation sites excluding steroid dienone is 4. The number of Topliss-reactive ketones (excluding diaryl/α,β-unsaturated/α-hetero) is 1. The molecule has 0 aromatic heterocycles. The van der Waals surface area contributed by atoms with Crippen molar-refractivity contribution in [2.24, 2.45) is 28.6 Å². The monoisotopic (exact) mass is 617 g/mol. The van der Waals surface area contributed by atoms with Gasteiger partial charge in [0.15, 0.2) is 23.5 Å². The Labute approximate surface area is 262 Å². The van der Waals surface area contributed by atoms with Crippen LogP contribution in [0.5, 0.6) is 5.75 Å². The fourth-order valence-electron chi connectivity index (χ4n) is 9.78. The standard InChI is InChI=1S/C36H40FNO7/c1-19-28(43-18-20-5-4-6-22(38)13-20)10-9-26(37)31(19)33-44-30-15-25-24-8-7-21-14-23(40)11-12-34(21,2)32(24)27(41)16-35(25,3)36(30,45-33)29(42)17-39/h4-6,9-14,24-25,27,30,32-33,39,41H,7-8,15-18,38H2,1-3H3/t24-,25-,27-,30+,32+,33+,34-,35-,36+/m0/s1. The summed E-state index contributed by atoms with van der Waals surface area (Å²) in [7, 11) is 0. The van der Waals surface area contributed by atoms with Crippen LogP contribution in [0.1, 0.15) is 62.5 Å². The molecule has 0 spiro atoms. The number of ether oxygens (including phenoxy) is 3. The Kier molecular flexibility index (Phi) is 7.13. The van der Waals surface area contributed by atoms with Gasteiger partial charge < -0.3 is 30.2 Å². The molecule has 9 heteroatoms. The third-order valence-electron chi connectivity index (χ3n) is 11.8. The highest BCUT2D eigenvalue weighted by atomic mass is 19.1.